The maximum atomic E-state index is 12.4. The maximum absolute atomic E-state index is 12.4. The molecule has 1 heterocycles. The molecule has 0 fully saturated rings. The highest BCUT2D eigenvalue weighted by Crippen LogP contribution is 2.16. The van der Waals surface area contributed by atoms with Crippen LogP contribution in [0, 0.1) is 0 Å². The molecule has 0 radical (unpaired) electrons. The van der Waals surface area contributed by atoms with Crippen molar-refractivity contribution in [3.8, 4) is 0 Å². The second-order valence-corrected chi connectivity index (χ2v) is 4.33. The summed E-state index contributed by atoms with van der Waals surface area (Å²) in [5.41, 5.74) is 2.20. The Kier molecular flexibility index (Phi) is 4.50. The van der Waals surface area contributed by atoms with Gasteiger partial charge in [-0.1, -0.05) is 24.3 Å². The highest BCUT2D eigenvalue weighted by atomic mass is 16.2. The summed E-state index contributed by atoms with van der Waals surface area (Å²) in [7, 11) is 1.75. The molecule has 1 N–H and O–H groups in total. The van der Waals surface area contributed by atoms with Gasteiger partial charge >= 0.3 is 0 Å². The fourth-order valence-electron chi connectivity index (χ4n) is 1.81. The van der Waals surface area contributed by atoms with Crippen LogP contribution in [-0.4, -0.2) is 24.5 Å². The van der Waals surface area contributed by atoms with Crippen LogP contribution >= 0.6 is 0 Å². The molecule has 4 nitrogen and oxygen atoms in total. The summed E-state index contributed by atoms with van der Waals surface area (Å²) in [5, 5.41) is 3.12. The Morgan fingerprint density at radius 2 is 2.10 bits per heavy atom. The fourth-order valence-corrected chi connectivity index (χ4v) is 1.81. The standard InChI is InChI=1S/C16H17N3O/c1-3-9-18-14-10-13(11-17-12-14)16(20)19(2)15-7-5-4-6-8-15/h3-8,10-12,18H,1,9H2,2H3. The van der Waals surface area contributed by atoms with Gasteiger partial charge in [-0.3, -0.25) is 9.78 Å². The van der Waals surface area contributed by atoms with Crippen molar-refractivity contribution in [2.24, 2.45) is 0 Å². The zero-order chi connectivity index (χ0) is 14.4. The Balaban J connectivity index is 2.18. The molecule has 0 aliphatic rings. The minimum atomic E-state index is -0.0917. The summed E-state index contributed by atoms with van der Waals surface area (Å²) in [4.78, 5) is 18.1. The number of carbonyl (C=O) groups is 1. The van der Waals surface area contributed by atoms with Crippen molar-refractivity contribution < 1.29 is 4.79 Å². The van der Waals surface area contributed by atoms with Crippen molar-refractivity contribution in [2.75, 3.05) is 23.8 Å². The van der Waals surface area contributed by atoms with Crippen molar-refractivity contribution in [1.82, 2.24) is 4.98 Å². The van der Waals surface area contributed by atoms with Gasteiger partial charge < -0.3 is 10.2 Å². The molecule has 1 aromatic carbocycles. The summed E-state index contributed by atoms with van der Waals surface area (Å²) >= 11 is 0. The van der Waals surface area contributed by atoms with Crippen LogP contribution < -0.4 is 10.2 Å². The lowest BCUT2D eigenvalue weighted by Crippen LogP contribution is -2.26. The number of anilines is 2. The van der Waals surface area contributed by atoms with Crippen LogP contribution in [0.15, 0.2) is 61.4 Å². The number of rotatable bonds is 5. The van der Waals surface area contributed by atoms with Gasteiger partial charge in [0.15, 0.2) is 0 Å². The molecule has 0 saturated heterocycles. The molecule has 1 aromatic heterocycles. The van der Waals surface area contributed by atoms with E-state index >= 15 is 0 Å². The van der Waals surface area contributed by atoms with Crippen LogP contribution in [0.4, 0.5) is 11.4 Å². The highest BCUT2D eigenvalue weighted by Gasteiger charge is 2.13. The SMILES string of the molecule is C=CCNc1cncc(C(=O)N(C)c2ccccc2)c1. The minimum Gasteiger partial charge on any atom is -0.380 e. The van der Waals surface area contributed by atoms with Gasteiger partial charge in [0, 0.05) is 31.7 Å². The summed E-state index contributed by atoms with van der Waals surface area (Å²) in [6, 6.07) is 11.3. The Bertz CT molecular complexity index is 596. The van der Waals surface area contributed by atoms with Crippen LogP contribution in [0.1, 0.15) is 10.4 Å². The number of hydrogen-bond donors (Lipinski definition) is 1. The molecule has 1 amide bonds. The zero-order valence-corrected chi connectivity index (χ0v) is 11.4. The highest BCUT2D eigenvalue weighted by molar-refractivity contribution is 6.05. The van der Waals surface area contributed by atoms with E-state index in [0.29, 0.717) is 12.1 Å². The average molecular weight is 267 g/mol. The van der Waals surface area contributed by atoms with Crippen LogP contribution in [0.3, 0.4) is 0 Å². The Morgan fingerprint density at radius 1 is 1.35 bits per heavy atom. The van der Waals surface area contributed by atoms with E-state index in [1.807, 2.05) is 30.3 Å². The predicted molar refractivity (Wildman–Crippen MR) is 82.1 cm³/mol. The predicted octanol–water partition coefficient (Wildman–Crippen LogP) is 2.96. The van der Waals surface area contributed by atoms with Gasteiger partial charge in [-0.05, 0) is 18.2 Å². The first-order valence-corrected chi connectivity index (χ1v) is 6.35. The van der Waals surface area contributed by atoms with Gasteiger partial charge in [0.05, 0.1) is 11.3 Å². The molecule has 4 heteroatoms. The van der Waals surface area contributed by atoms with Gasteiger partial charge in [-0.15, -0.1) is 6.58 Å². The van der Waals surface area contributed by atoms with E-state index in [1.54, 1.807) is 36.5 Å². The van der Waals surface area contributed by atoms with Crippen LogP contribution in [-0.2, 0) is 0 Å². The molecule has 0 aliphatic carbocycles. The van der Waals surface area contributed by atoms with Crippen molar-refractivity contribution in [2.45, 2.75) is 0 Å². The smallest absolute Gasteiger partial charge is 0.259 e. The largest absolute Gasteiger partial charge is 0.380 e. The second-order valence-electron chi connectivity index (χ2n) is 4.33. The molecule has 0 atom stereocenters. The number of hydrogen-bond acceptors (Lipinski definition) is 3. The third-order valence-electron chi connectivity index (χ3n) is 2.88. The summed E-state index contributed by atoms with van der Waals surface area (Å²) < 4.78 is 0. The first-order valence-electron chi connectivity index (χ1n) is 6.35. The molecule has 2 aromatic rings. The molecule has 0 unspecified atom stereocenters. The van der Waals surface area contributed by atoms with Crippen molar-refractivity contribution in [1.29, 1.82) is 0 Å². The monoisotopic (exact) mass is 267 g/mol. The third-order valence-corrected chi connectivity index (χ3v) is 2.88. The lowest BCUT2D eigenvalue weighted by atomic mass is 10.2. The van der Waals surface area contributed by atoms with E-state index in [4.69, 9.17) is 0 Å². The molecule has 102 valence electrons. The first kappa shape index (κ1) is 13.8. The minimum absolute atomic E-state index is 0.0917. The van der Waals surface area contributed by atoms with Crippen molar-refractivity contribution in [3.63, 3.8) is 0 Å². The molecule has 0 spiro atoms. The van der Waals surface area contributed by atoms with Gasteiger partial charge in [-0.25, -0.2) is 0 Å². The molecule has 2 rings (SSSR count). The second kappa shape index (κ2) is 6.52. The fraction of sp³-hybridized carbons (Fsp3) is 0.125. The lowest BCUT2D eigenvalue weighted by molar-refractivity contribution is 0.0992. The van der Waals surface area contributed by atoms with Gasteiger partial charge in [-0.2, -0.15) is 0 Å². The molecule has 0 bridgehead atoms. The van der Waals surface area contributed by atoms with Gasteiger partial charge in [0.25, 0.3) is 5.91 Å². The topological polar surface area (TPSA) is 45.2 Å². The van der Waals surface area contributed by atoms with Crippen molar-refractivity contribution in [3.05, 3.63) is 67.0 Å². The van der Waals surface area contributed by atoms with Gasteiger partial charge in [0.2, 0.25) is 0 Å². The van der Waals surface area contributed by atoms with Crippen LogP contribution in [0.25, 0.3) is 0 Å². The Morgan fingerprint density at radius 3 is 2.80 bits per heavy atom. The number of nitrogens with zero attached hydrogens (tertiary/aromatic N) is 2. The van der Waals surface area contributed by atoms with E-state index in [-0.39, 0.29) is 5.91 Å². The summed E-state index contributed by atoms with van der Waals surface area (Å²) in [5.74, 6) is -0.0917. The quantitative estimate of drug-likeness (QED) is 0.847. The number of aromatic nitrogens is 1. The summed E-state index contributed by atoms with van der Waals surface area (Å²) in [6.45, 7) is 4.28. The van der Waals surface area contributed by atoms with Crippen molar-refractivity contribution >= 4 is 17.3 Å². The number of amides is 1. The Hall–Kier alpha value is -2.62. The summed E-state index contributed by atoms with van der Waals surface area (Å²) in [6.07, 6.45) is 5.01. The molecular weight excluding hydrogens is 250 g/mol. The lowest BCUT2D eigenvalue weighted by Gasteiger charge is -2.17. The van der Waals surface area contributed by atoms with E-state index in [1.165, 1.54) is 0 Å². The van der Waals surface area contributed by atoms with E-state index < -0.39 is 0 Å². The normalized spacial score (nSPS) is 9.85. The Labute approximate surface area is 118 Å². The average Bonchev–Trinajstić information content (AvgIpc) is 2.52. The van der Waals surface area contributed by atoms with Gasteiger partial charge in [0.1, 0.15) is 0 Å². The molecule has 20 heavy (non-hydrogen) atoms. The number of para-hydroxylation sites is 1. The van der Waals surface area contributed by atoms with Crippen LogP contribution in [0.2, 0.25) is 0 Å². The third kappa shape index (κ3) is 3.23. The molecule has 0 aliphatic heterocycles. The number of carbonyl (C=O) groups excluding carboxylic acids is 1. The molecule has 0 saturated carbocycles. The number of nitrogens with one attached hydrogen (secondary N) is 1. The van der Waals surface area contributed by atoms with E-state index in [9.17, 15) is 4.79 Å². The number of pyridine rings is 1. The maximum Gasteiger partial charge on any atom is 0.259 e. The molecular formula is C16H17N3O. The zero-order valence-electron chi connectivity index (χ0n) is 11.4. The van der Waals surface area contributed by atoms with E-state index in [0.717, 1.165) is 11.4 Å². The number of benzene rings is 1. The van der Waals surface area contributed by atoms with E-state index in [2.05, 4.69) is 16.9 Å². The van der Waals surface area contributed by atoms with Crippen LogP contribution in [0.5, 0.6) is 0 Å². The first-order chi connectivity index (χ1) is 9.72.